The lowest BCUT2D eigenvalue weighted by atomic mass is 10.0. The third-order valence-electron chi connectivity index (χ3n) is 4.17. The van der Waals surface area contributed by atoms with Gasteiger partial charge < -0.3 is 5.73 Å². The first-order valence-corrected chi connectivity index (χ1v) is 9.29. The van der Waals surface area contributed by atoms with Gasteiger partial charge in [-0.25, -0.2) is 0 Å². The number of hydrogen-bond donors (Lipinski definition) is 1. The van der Waals surface area contributed by atoms with Gasteiger partial charge in [-0.05, 0) is 33.6 Å². The lowest BCUT2D eigenvalue weighted by Gasteiger charge is -2.38. The molecule has 3 rings (SSSR count). The SMILES string of the molecule is NC(=O)[C@H](c1ccccc1)N1CCN(Cc2ccc(Br)s2)CC1. The van der Waals surface area contributed by atoms with E-state index in [1.54, 1.807) is 11.3 Å². The fraction of sp³-hybridized carbons (Fsp3) is 0.353. The number of carbonyl (C=O) groups excluding carboxylic acids is 1. The molecule has 1 aromatic heterocycles. The first-order valence-electron chi connectivity index (χ1n) is 7.68. The lowest BCUT2D eigenvalue weighted by molar-refractivity contribution is -0.124. The Hall–Kier alpha value is -1.21. The molecule has 0 bridgehead atoms. The average molecular weight is 394 g/mol. The Bertz CT molecular complexity index is 653. The number of rotatable bonds is 5. The Labute approximate surface area is 149 Å². The summed E-state index contributed by atoms with van der Waals surface area (Å²) in [5.41, 5.74) is 6.64. The zero-order valence-electron chi connectivity index (χ0n) is 12.8. The molecule has 6 heteroatoms. The fourth-order valence-corrected chi connectivity index (χ4v) is 4.55. The van der Waals surface area contributed by atoms with Crippen LogP contribution in [0.2, 0.25) is 0 Å². The maximum Gasteiger partial charge on any atom is 0.239 e. The minimum absolute atomic E-state index is 0.271. The maximum absolute atomic E-state index is 11.9. The molecule has 1 fully saturated rings. The minimum Gasteiger partial charge on any atom is -0.368 e. The summed E-state index contributed by atoms with van der Waals surface area (Å²) in [6.45, 7) is 4.58. The van der Waals surface area contributed by atoms with Crippen molar-refractivity contribution in [2.45, 2.75) is 12.6 Å². The number of amides is 1. The Morgan fingerprint density at radius 3 is 2.39 bits per heavy atom. The standard InChI is InChI=1S/C17H20BrN3OS/c18-15-7-6-14(23-15)12-20-8-10-21(11-9-20)16(17(19)22)13-4-2-1-3-5-13/h1-7,16H,8-12H2,(H2,19,22)/t16-/m0/s1. The second-order valence-corrected chi connectivity index (χ2v) is 8.28. The number of thiophene rings is 1. The average Bonchev–Trinajstić information content (AvgIpc) is 2.95. The molecule has 1 aliphatic rings. The number of nitrogens with zero attached hydrogens (tertiary/aromatic N) is 2. The van der Waals surface area contributed by atoms with E-state index in [-0.39, 0.29) is 11.9 Å². The van der Waals surface area contributed by atoms with Crippen LogP contribution in [0.5, 0.6) is 0 Å². The zero-order valence-corrected chi connectivity index (χ0v) is 15.2. The van der Waals surface area contributed by atoms with Crippen LogP contribution in [-0.2, 0) is 11.3 Å². The summed E-state index contributed by atoms with van der Waals surface area (Å²) >= 11 is 5.29. The summed E-state index contributed by atoms with van der Waals surface area (Å²) in [6, 6.07) is 13.8. The Balaban J connectivity index is 1.61. The first kappa shape index (κ1) is 16.6. The minimum atomic E-state index is -0.325. The van der Waals surface area contributed by atoms with E-state index in [9.17, 15) is 4.79 Å². The van der Waals surface area contributed by atoms with Crippen molar-refractivity contribution in [3.8, 4) is 0 Å². The van der Waals surface area contributed by atoms with Gasteiger partial charge in [-0.3, -0.25) is 14.6 Å². The van der Waals surface area contributed by atoms with Crippen LogP contribution in [-0.4, -0.2) is 41.9 Å². The molecule has 2 N–H and O–H groups in total. The summed E-state index contributed by atoms with van der Waals surface area (Å²) < 4.78 is 1.17. The predicted octanol–water partition coefficient (Wildman–Crippen LogP) is 2.85. The highest BCUT2D eigenvalue weighted by Crippen LogP contribution is 2.25. The van der Waals surface area contributed by atoms with Crippen LogP contribution in [0.1, 0.15) is 16.5 Å². The highest BCUT2D eigenvalue weighted by Gasteiger charge is 2.28. The molecule has 1 saturated heterocycles. The topological polar surface area (TPSA) is 49.6 Å². The van der Waals surface area contributed by atoms with Gasteiger partial charge in [0.1, 0.15) is 6.04 Å². The van der Waals surface area contributed by atoms with Crippen molar-refractivity contribution >= 4 is 33.2 Å². The molecule has 1 aromatic carbocycles. The normalized spacial score (nSPS) is 18.0. The van der Waals surface area contributed by atoms with Crippen LogP contribution in [0.25, 0.3) is 0 Å². The molecule has 0 saturated carbocycles. The van der Waals surface area contributed by atoms with Gasteiger partial charge in [0.05, 0.1) is 3.79 Å². The number of halogens is 1. The Kier molecular flexibility index (Phi) is 5.48. The first-order chi connectivity index (χ1) is 11.1. The molecule has 0 aliphatic carbocycles. The summed E-state index contributed by atoms with van der Waals surface area (Å²) in [4.78, 5) is 17.9. The largest absolute Gasteiger partial charge is 0.368 e. The smallest absolute Gasteiger partial charge is 0.239 e. The van der Waals surface area contributed by atoms with Crippen molar-refractivity contribution in [3.05, 3.63) is 56.7 Å². The highest BCUT2D eigenvalue weighted by molar-refractivity contribution is 9.11. The van der Waals surface area contributed by atoms with Gasteiger partial charge in [0.2, 0.25) is 5.91 Å². The highest BCUT2D eigenvalue weighted by atomic mass is 79.9. The number of nitrogens with two attached hydrogens (primary N) is 1. The molecule has 1 atom stereocenters. The summed E-state index contributed by atoms with van der Waals surface area (Å²) in [5.74, 6) is -0.271. The zero-order chi connectivity index (χ0) is 16.2. The maximum atomic E-state index is 11.9. The van der Waals surface area contributed by atoms with Crippen molar-refractivity contribution in [3.63, 3.8) is 0 Å². The van der Waals surface area contributed by atoms with Crippen molar-refractivity contribution < 1.29 is 4.79 Å². The van der Waals surface area contributed by atoms with Gasteiger partial charge >= 0.3 is 0 Å². The summed E-state index contributed by atoms with van der Waals surface area (Å²) in [6.07, 6.45) is 0. The molecule has 1 aliphatic heterocycles. The molecule has 0 radical (unpaired) electrons. The van der Waals surface area contributed by atoms with E-state index in [1.165, 1.54) is 8.66 Å². The quantitative estimate of drug-likeness (QED) is 0.849. The number of primary amides is 1. The molecule has 1 amide bonds. The van der Waals surface area contributed by atoms with Crippen LogP contribution in [0.3, 0.4) is 0 Å². The van der Waals surface area contributed by atoms with Crippen LogP contribution in [0, 0.1) is 0 Å². The van der Waals surface area contributed by atoms with E-state index in [2.05, 4.69) is 37.9 Å². The molecule has 2 aromatic rings. The van der Waals surface area contributed by atoms with Crippen LogP contribution in [0.15, 0.2) is 46.3 Å². The predicted molar refractivity (Wildman–Crippen MR) is 97.2 cm³/mol. The summed E-state index contributed by atoms with van der Waals surface area (Å²) in [5, 5.41) is 0. The van der Waals surface area contributed by atoms with Gasteiger partial charge in [-0.15, -0.1) is 11.3 Å². The third kappa shape index (κ3) is 4.20. The fourth-order valence-electron chi connectivity index (χ4n) is 3.03. The van der Waals surface area contributed by atoms with Crippen molar-refractivity contribution in [2.75, 3.05) is 26.2 Å². The number of carbonyl (C=O) groups is 1. The van der Waals surface area contributed by atoms with Gasteiger partial charge in [0, 0.05) is 37.6 Å². The molecule has 2 heterocycles. The Morgan fingerprint density at radius 2 is 1.83 bits per heavy atom. The molecule has 0 unspecified atom stereocenters. The number of benzene rings is 1. The van der Waals surface area contributed by atoms with Gasteiger partial charge in [0.25, 0.3) is 0 Å². The molecular formula is C17H20BrN3OS. The van der Waals surface area contributed by atoms with Crippen LogP contribution >= 0.6 is 27.3 Å². The van der Waals surface area contributed by atoms with Gasteiger partial charge in [-0.2, -0.15) is 0 Å². The van der Waals surface area contributed by atoms with Gasteiger partial charge in [0.15, 0.2) is 0 Å². The van der Waals surface area contributed by atoms with E-state index in [4.69, 9.17) is 5.73 Å². The molecule has 0 spiro atoms. The molecular weight excluding hydrogens is 374 g/mol. The molecule has 122 valence electrons. The van der Waals surface area contributed by atoms with E-state index >= 15 is 0 Å². The Morgan fingerprint density at radius 1 is 1.13 bits per heavy atom. The number of piperazine rings is 1. The van der Waals surface area contributed by atoms with E-state index in [0.717, 1.165) is 38.3 Å². The van der Waals surface area contributed by atoms with Crippen molar-refractivity contribution in [1.82, 2.24) is 9.80 Å². The van der Waals surface area contributed by atoms with E-state index in [0.29, 0.717) is 0 Å². The summed E-state index contributed by atoms with van der Waals surface area (Å²) in [7, 11) is 0. The van der Waals surface area contributed by atoms with Crippen LogP contribution < -0.4 is 5.73 Å². The van der Waals surface area contributed by atoms with Crippen LogP contribution in [0.4, 0.5) is 0 Å². The van der Waals surface area contributed by atoms with E-state index in [1.807, 2.05) is 30.3 Å². The second kappa shape index (κ2) is 7.57. The third-order valence-corrected chi connectivity index (χ3v) is 5.77. The van der Waals surface area contributed by atoms with Gasteiger partial charge in [-0.1, -0.05) is 30.3 Å². The monoisotopic (exact) mass is 393 g/mol. The van der Waals surface area contributed by atoms with Crippen molar-refractivity contribution in [1.29, 1.82) is 0 Å². The second-order valence-electron chi connectivity index (χ2n) is 5.73. The lowest BCUT2D eigenvalue weighted by Crippen LogP contribution is -2.49. The molecule has 4 nitrogen and oxygen atoms in total. The van der Waals surface area contributed by atoms with E-state index < -0.39 is 0 Å². The van der Waals surface area contributed by atoms with Crippen molar-refractivity contribution in [2.24, 2.45) is 5.73 Å². The molecule has 23 heavy (non-hydrogen) atoms. The number of hydrogen-bond acceptors (Lipinski definition) is 4.